The van der Waals surface area contributed by atoms with Crippen LogP contribution in [0.1, 0.15) is 56.2 Å². The van der Waals surface area contributed by atoms with Crippen molar-refractivity contribution in [3.05, 3.63) is 29.7 Å². The van der Waals surface area contributed by atoms with E-state index < -0.39 is 0 Å². The number of pyridine rings is 1. The number of aromatic nitrogens is 5. The van der Waals surface area contributed by atoms with Crippen LogP contribution in [0.25, 0.3) is 11.0 Å². The molecule has 1 atom stereocenters. The summed E-state index contributed by atoms with van der Waals surface area (Å²) in [7, 11) is 1.69. The Hall–Kier alpha value is -2.98. The van der Waals surface area contributed by atoms with Crippen LogP contribution in [-0.4, -0.2) is 62.7 Å². The summed E-state index contributed by atoms with van der Waals surface area (Å²) in [6, 6.07) is 2.14. The number of ether oxygens (including phenoxy) is 1. The molecule has 1 aliphatic heterocycles. The average Bonchev–Trinajstić information content (AvgIpc) is 3.22. The van der Waals surface area contributed by atoms with Crippen LogP contribution < -0.4 is 21.1 Å². The van der Waals surface area contributed by atoms with Gasteiger partial charge in [-0.1, -0.05) is 13.3 Å². The Morgan fingerprint density at radius 2 is 2.09 bits per heavy atom. The van der Waals surface area contributed by atoms with Gasteiger partial charge in [-0.3, -0.25) is 9.67 Å². The second kappa shape index (κ2) is 10.8. The molecule has 33 heavy (non-hydrogen) atoms. The number of aliphatic hydroxyl groups excluding tert-OH is 1. The van der Waals surface area contributed by atoms with Gasteiger partial charge in [0.05, 0.1) is 19.9 Å². The van der Waals surface area contributed by atoms with Gasteiger partial charge in [0.15, 0.2) is 5.82 Å². The van der Waals surface area contributed by atoms with E-state index in [9.17, 15) is 5.11 Å². The first kappa shape index (κ1) is 23.2. The third kappa shape index (κ3) is 5.33. The number of aliphatic hydroxyl groups is 1. The number of nitrogens with zero attached hydrogens (tertiary/aromatic N) is 5. The minimum Gasteiger partial charge on any atom is -0.496 e. The molecule has 1 fully saturated rings. The molecule has 5 N–H and O–H groups in total. The Morgan fingerprint density at radius 1 is 1.27 bits per heavy atom. The molecule has 178 valence electrons. The number of nitrogen functional groups attached to an aromatic ring is 1. The molecule has 10 nitrogen and oxygen atoms in total. The Bertz CT molecular complexity index is 1060. The summed E-state index contributed by atoms with van der Waals surface area (Å²) in [4.78, 5) is 13.6. The number of piperidine rings is 1. The highest BCUT2D eigenvalue weighted by atomic mass is 16.5. The fourth-order valence-corrected chi connectivity index (χ4v) is 4.52. The molecule has 0 amide bonds. The van der Waals surface area contributed by atoms with E-state index in [1.807, 2.05) is 10.9 Å². The summed E-state index contributed by atoms with van der Waals surface area (Å²) in [6.45, 7) is 4.72. The zero-order valence-corrected chi connectivity index (χ0v) is 19.4. The first-order valence-electron chi connectivity index (χ1n) is 11.7. The lowest BCUT2D eigenvalue weighted by Crippen LogP contribution is -2.27. The van der Waals surface area contributed by atoms with Gasteiger partial charge >= 0.3 is 0 Å². The van der Waals surface area contributed by atoms with Crippen LogP contribution in [0, 0.1) is 0 Å². The number of hydrogen-bond donors (Lipinski definition) is 4. The first-order valence-corrected chi connectivity index (χ1v) is 11.7. The van der Waals surface area contributed by atoms with Crippen LogP contribution in [0.4, 0.5) is 11.8 Å². The molecule has 0 radical (unpaired) electrons. The van der Waals surface area contributed by atoms with E-state index in [4.69, 9.17) is 15.5 Å². The van der Waals surface area contributed by atoms with Gasteiger partial charge in [0.1, 0.15) is 16.8 Å². The molecule has 4 heterocycles. The second-order valence-corrected chi connectivity index (χ2v) is 8.55. The van der Waals surface area contributed by atoms with Crippen molar-refractivity contribution in [2.45, 2.75) is 57.5 Å². The highest BCUT2D eigenvalue weighted by molar-refractivity contribution is 5.86. The standard InChI is InChI=1S/C23H34N8O2/c1-3-4-17(7-10-32)28-22-21-19(29-23(24)30-22)13-27-31(21)14-16-12-26-18(11-20(16)33-2)15-5-8-25-9-6-15/h11-13,15,17,25,32H,3-10,14H2,1-2H3,(H3,24,28,29,30). The van der Waals surface area contributed by atoms with Crippen molar-refractivity contribution in [2.24, 2.45) is 0 Å². The third-order valence-electron chi connectivity index (χ3n) is 6.22. The quantitative estimate of drug-likeness (QED) is 0.364. The van der Waals surface area contributed by atoms with E-state index in [2.05, 4.69) is 38.7 Å². The van der Waals surface area contributed by atoms with Crippen LogP contribution in [0.2, 0.25) is 0 Å². The number of nitrogens with one attached hydrogen (secondary N) is 2. The lowest BCUT2D eigenvalue weighted by molar-refractivity contribution is 0.276. The van der Waals surface area contributed by atoms with E-state index in [0.29, 0.717) is 30.2 Å². The highest BCUT2D eigenvalue weighted by Gasteiger charge is 2.20. The third-order valence-corrected chi connectivity index (χ3v) is 6.22. The van der Waals surface area contributed by atoms with Gasteiger partial charge < -0.3 is 26.2 Å². The molecule has 1 aliphatic rings. The van der Waals surface area contributed by atoms with E-state index >= 15 is 0 Å². The van der Waals surface area contributed by atoms with Gasteiger partial charge in [-0.05, 0) is 38.8 Å². The monoisotopic (exact) mass is 454 g/mol. The van der Waals surface area contributed by atoms with Crippen LogP contribution in [0.5, 0.6) is 5.75 Å². The van der Waals surface area contributed by atoms with Crippen LogP contribution >= 0.6 is 0 Å². The van der Waals surface area contributed by atoms with Gasteiger partial charge in [-0.2, -0.15) is 10.1 Å². The van der Waals surface area contributed by atoms with Gasteiger partial charge in [0, 0.05) is 42.1 Å². The Labute approximate surface area is 194 Å². The molecule has 1 unspecified atom stereocenters. The largest absolute Gasteiger partial charge is 0.496 e. The number of nitrogens with two attached hydrogens (primary N) is 1. The van der Waals surface area contributed by atoms with Crippen molar-refractivity contribution < 1.29 is 9.84 Å². The number of methoxy groups -OCH3 is 1. The number of anilines is 2. The zero-order valence-electron chi connectivity index (χ0n) is 19.4. The van der Waals surface area contributed by atoms with Gasteiger partial charge in [0.25, 0.3) is 0 Å². The molecule has 10 heteroatoms. The SMILES string of the molecule is CCCC(CCO)Nc1nc(N)nc2cnn(Cc3cnc(C4CCNCC4)cc3OC)c12. The molecule has 0 saturated carbocycles. The second-order valence-electron chi connectivity index (χ2n) is 8.55. The van der Waals surface area contributed by atoms with Crippen molar-refractivity contribution in [1.29, 1.82) is 0 Å². The number of hydrogen-bond acceptors (Lipinski definition) is 9. The lowest BCUT2D eigenvalue weighted by atomic mass is 9.93. The van der Waals surface area contributed by atoms with Gasteiger partial charge in [-0.15, -0.1) is 0 Å². The summed E-state index contributed by atoms with van der Waals surface area (Å²) >= 11 is 0. The van der Waals surface area contributed by atoms with Crippen LogP contribution in [-0.2, 0) is 6.54 Å². The van der Waals surface area contributed by atoms with Gasteiger partial charge in [0.2, 0.25) is 5.95 Å². The smallest absolute Gasteiger partial charge is 0.222 e. The molecule has 0 aromatic carbocycles. The Kier molecular flexibility index (Phi) is 7.56. The summed E-state index contributed by atoms with van der Waals surface area (Å²) < 4.78 is 7.57. The zero-order chi connectivity index (χ0) is 23.2. The summed E-state index contributed by atoms with van der Waals surface area (Å²) in [5.41, 5.74) is 9.41. The lowest BCUT2D eigenvalue weighted by Gasteiger charge is -2.23. The molecule has 3 aromatic rings. The van der Waals surface area contributed by atoms with Crippen molar-refractivity contribution in [3.8, 4) is 5.75 Å². The maximum atomic E-state index is 9.45. The van der Waals surface area contributed by atoms with Crippen LogP contribution in [0.15, 0.2) is 18.5 Å². The molecule has 0 spiro atoms. The maximum absolute atomic E-state index is 9.45. The van der Waals surface area contributed by atoms with E-state index in [1.54, 1.807) is 13.3 Å². The van der Waals surface area contributed by atoms with Crippen LogP contribution in [0.3, 0.4) is 0 Å². The topological polar surface area (TPSA) is 136 Å². The number of fused-ring (bicyclic) bond motifs is 1. The minimum absolute atomic E-state index is 0.0846. The molecular weight excluding hydrogens is 420 g/mol. The molecule has 4 rings (SSSR count). The number of rotatable bonds is 10. The van der Waals surface area contributed by atoms with Crippen molar-refractivity contribution in [1.82, 2.24) is 30.0 Å². The highest BCUT2D eigenvalue weighted by Crippen LogP contribution is 2.30. The average molecular weight is 455 g/mol. The fourth-order valence-electron chi connectivity index (χ4n) is 4.52. The first-order chi connectivity index (χ1) is 16.1. The van der Waals surface area contributed by atoms with E-state index in [-0.39, 0.29) is 18.6 Å². The Morgan fingerprint density at radius 3 is 2.82 bits per heavy atom. The summed E-state index contributed by atoms with van der Waals surface area (Å²) in [6.07, 6.45) is 8.29. The van der Waals surface area contributed by atoms with Crippen molar-refractivity contribution in [2.75, 3.05) is 37.9 Å². The predicted octanol–water partition coefficient (Wildman–Crippen LogP) is 2.29. The molecule has 1 saturated heterocycles. The van der Waals surface area contributed by atoms with Crippen molar-refractivity contribution >= 4 is 22.8 Å². The Balaban J connectivity index is 1.64. The molecule has 0 aliphatic carbocycles. The summed E-state index contributed by atoms with van der Waals surface area (Å²) in [5, 5.41) is 20.9. The maximum Gasteiger partial charge on any atom is 0.222 e. The van der Waals surface area contributed by atoms with Crippen molar-refractivity contribution in [3.63, 3.8) is 0 Å². The van der Waals surface area contributed by atoms with E-state index in [1.165, 1.54) is 0 Å². The molecule has 3 aromatic heterocycles. The molecular formula is C23H34N8O2. The summed E-state index contributed by atoms with van der Waals surface area (Å²) in [5.74, 6) is 2.07. The fraction of sp³-hybridized carbons (Fsp3) is 0.565. The minimum atomic E-state index is 0.0846. The predicted molar refractivity (Wildman–Crippen MR) is 128 cm³/mol. The normalized spacial score (nSPS) is 15.6. The van der Waals surface area contributed by atoms with E-state index in [0.717, 1.165) is 61.3 Å². The molecule has 0 bridgehead atoms. The van der Waals surface area contributed by atoms with Gasteiger partial charge in [-0.25, -0.2) is 4.98 Å².